The molecule has 0 aromatic heterocycles. The number of nitrogens with one attached hydrogen (secondary N) is 1. The van der Waals surface area contributed by atoms with Crippen molar-refractivity contribution < 1.29 is 9.53 Å². The Morgan fingerprint density at radius 2 is 2.38 bits per heavy atom. The van der Waals surface area contributed by atoms with Crippen LogP contribution in [0.15, 0.2) is 0 Å². The van der Waals surface area contributed by atoms with Crippen LogP contribution in [-0.2, 0) is 9.53 Å². The minimum Gasteiger partial charge on any atom is -0.360 e. The zero-order chi connectivity index (χ0) is 11.5. The van der Waals surface area contributed by atoms with Crippen LogP contribution < -0.4 is 5.32 Å². The molecule has 2 unspecified atom stereocenters. The van der Waals surface area contributed by atoms with Gasteiger partial charge in [0, 0.05) is 12.5 Å². The number of carbonyl (C=O) groups is 1. The molecule has 0 radical (unpaired) electrons. The van der Waals surface area contributed by atoms with Crippen molar-refractivity contribution in [1.29, 1.82) is 5.26 Å². The maximum atomic E-state index is 12.1. The largest absolute Gasteiger partial charge is 0.360 e. The Kier molecular flexibility index (Phi) is 3.42. The van der Waals surface area contributed by atoms with Crippen LogP contribution in [0.5, 0.6) is 0 Å². The third-order valence-corrected chi connectivity index (χ3v) is 3.43. The molecule has 5 nitrogen and oxygen atoms in total. The molecule has 0 saturated carbocycles. The number of amides is 1. The second-order valence-corrected chi connectivity index (χ2v) is 4.48. The second kappa shape index (κ2) is 4.81. The first-order valence-electron chi connectivity index (χ1n) is 5.73. The van der Waals surface area contributed by atoms with Gasteiger partial charge in [0.1, 0.15) is 0 Å². The summed E-state index contributed by atoms with van der Waals surface area (Å²) in [5.41, 5.74) is 0. The van der Waals surface area contributed by atoms with Crippen molar-refractivity contribution in [3.8, 4) is 6.07 Å². The molecule has 2 aliphatic rings. The first-order chi connectivity index (χ1) is 7.72. The lowest BCUT2D eigenvalue weighted by atomic mass is 9.88. The zero-order valence-corrected chi connectivity index (χ0v) is 9.48. The van der Waals surface area contributed by atoms with Gasteiger partial charge in [-0.25, -0.2) is 0 Å². The Labute approximate surface area is 95.4 Å². The fourth-order valence-electron chi connectivity index (χ4n) is 2.08. The first-order valence-corrected chi connectivity index (χ1v) is 5.73. The molecule has 2 fully saturated rings. The molecule has 0 spiro atoms. The lowest BCUT2D eigenvalue weighted by Crippen LogP contribution is -2.53. The van der Waals surface area contributed by atoms with E-state index in [0.717, 1.165) is 13.1 Å². The quantitative estimate of drug-likeness (QED) is 0.691. The second-order valence-electron chi connectivity index (χ2n) is 4.48. The Morgan fingerprint density at radius 3 is 2.94 bits per heavy atom. The van der Waals surface area contributed by atoms with Crippen molar-refractivity contribution in [2.45, 2.75) is 13.0 Å². The molecule has 2 rings (SSSR count). The summed E-state index contributed by atoms with van der Waals surface area (Å²) in [5.74, 6) is 0.671. The molecule has 5 heteroatoms. The Morgan fingerprint density at radius 1 is 1.62 bits per heavy atom. The monoisotopic (exact) mass is 223 g/mol. The van der Waals surface area contributed by atoms with Crippen LogP contribution in [0.4, 0.5) is 0 Å². The fourth-order valence-corrected chi connectivity index (χ4v) is 2.08. The highest BCUT2D eigenvalue weighted by Gasteiger charge is 2.33. The van der Waals surface area contributed by atoms with Crippen LogP contribution in [0.1, 0.15) is 6.92 Å². The van der Waals surface area contributed by atoms with E-state index in [9.17, 15) is 4.79 Å². The van der Waals surface area contributed by atoms with Crippen molar-refractivity contribution in [3.63, 3.8) is 0 Å². The molecular weight excluding hydrogens is 206 g/mol. The molecule has 1 amide bonds. The van der Waals surface area contributed by atoms with E-state index in [4.69, 9.17) is 10.00 Å². The van der Waals surface area contributed by atoms with Crippen LogP contribution in [0, 0.1) is 23.2 Å². The summed E-state index contributed by atoms with van der Waals surface area (Å²) >= 11 is 0. The van der Waals surface area contributed by atoms with Gasteiger partial charge in [-0.1, -0.05) is 6.92 Å². The van der Waals surface area contributed by atoms with Crippen LogP contribution in [0.25, 0.3) is 0 Å². The van der Waals surface area contributed by atoms with Crippen LogP contribution in [0.2, 0.25) is 0 Å². The van der Waals surface area contributed by atoms with Crippen LogP contribution in [0.3, 0.4) is 0 Å². The highest BCUT2D eigenvalue weighted by molar-refractivity contribution is 5.79. The van der Waals surface area contributed by atoms with Crippen LogP contribution in [-0.4, -0.2) is 49.7 Å². The number of hydrogen-bond acceptors (Lipinski definition) is 4. The van der Waals surface area contributed by atoms with Crippen molar-refractivity contribution >= 4 is 5.91 Å². The van der Waals surface area contributed by atoms with Crippen molar-refractivity contribution in [2.24, 2.45) is 11.8 Å². The lowest BCUT2D eigenvalue weighted by molar-refractivity contribution is -0.143. The molecular formula is C11H17N3O2. The van der Waals surface area contributed by atoms with Crippen molar-refractivity contribution in [1.82, 2.24) is 10.2 Å². The first kappa shape index (κ1) is 11.4. The van der Waals surface area contributed by atoms with E-state index in [0.29, 0.717) is 25.6 Å². The summed E-state index contributed by atoms with van der Waals surface area (Å²) in [4.78, 5) is 13.9. The van der Waals surface area contributed by atoms with E-state index in [1.807, 2.05) is 6.92 Å². The molecule has 16 heavy (non-hydrogen) atoms. The molecule has 0 aromatic rings. The summed E-state index contributed by atoms with van der Waals surface area (Å²) in [7, 11) is 0. The van der Waals surface area contributed by atoms with E-state index in [-0.39, 0.29) is 11.8 Å². The number of carbonyl (C=O) groups excluding carboxylic acids is 1. The molecule has 0 aromatic carbocycles. The third kappa shape index (κ3) is 2.18. The Hall–Kier alpha value is -1.12. The van der Waals surface area contributed by atoms with E-state index in [2.05, 4.69) is 11.4 Å². The standard InChI is InChI=1S/C11H17N3O2/c1-8(9-5-13-6-9)11(15)14-2-3-16-10(4-12)7-14/h8-10,13H,2-3,5-7H2,1H3. The summed E-state index contributed by atoms with van der Waals surface area (Å²) in [6, 6.07) is 2.06. The normalized spacial score (nSPS) is 28.0. The summed E-state index contributed by atoms with van der Waals surface area (Å²) in [6.45, 7) is 5.34. The average Bonchev–Trinajstić information content (AvgIpc) is 2.25. The molecule has 2 atom stereocenters. The number of nitrogens with zero attached hydrogens (tertiary/aromatic N) is 2. The van der Waals surface area contributed by atoms with Crippen molar-refractivity contribution in [3.05, 3.63) is 0 Å². The molecule has 1 N–H and O–H groups in total. The van der Waals surface area contributed by atoms with Crippen molar-refractivity contribution in [2.75, 3.05) is 32.8 Å². The van der Waals surface area contributed by atoms with Gasteiger partial charge < -0.3 is 15.0 Å². The van der Waals surface area contributed by atoms with E-state index >= 15 is 0 Å². The number of morpholine rings is 1. The van der Waals surface area contributed by atoms with E-state index in [1.54, 1.807) is 4.90 Å². The Balaban J connectivity index is 1.90. The molecule has 0 aliphatic carbocycles. The molecule has 88 valence electrons. The summed E-state index contributed by atoms with van der Waals surface area (Å²) in [5, 5.41) is 11.9. The van der Waals surface area contributed by atoms with Gasteiger partial charge in [-0.2, -0.15) is 5.26 Å². The lowest BCUT2D eigenvalue weighted by Gasteiger charge is -2.37. The molecule has 0 bridgehead atoms. The minimum atomic E-state index is -0.454. The summed E-state index contributed by atoms with van der Waals surface area (Å²) < 4.78 is 5.22. The minimum absolute atomic E-state index is 0.0543. The van der Waals surface area contributed by atoms with Gasteiger partial charge in [0.05, 0.1) is 19.2 Å². The highest BCUT2D eigenvalue weighted by Crippen LogP contribution is 2.19. The molecule has 2 heterocycles. The number of nitriles is 1. The maximum Gasteiger partial charge on any atom is 0.225 e. The van der Waals surface area contributed by atoms with Gasteiger partial charge >= 0.3 is 0 Å². The SMILES string of the molecule is CC(C(=O)N1CCOC(C#N)C1)C1CNC1. The van der Waals surface area contributed by atoms with E-state index in [1.165, 1.54) is 0 Å². The third-order valence-electron chi connectivity index (χ3n) is 3.43. The molecule has 2 aliphatic heterocycles. The van der Waals surface area contributed by atoms with Gasteiger partial charge in [0.2, 0.25) is 5.91 Å². The van der Waals surface area contributed by atoms with Gasteiger partial charge in [-0.3, -0.25) is 4.79 Å². The average molecular weight is 223 g/mol. The smallest absolute Gasteiger partial charge is 0.225 e. The number of hydrogen-bond donors (Lipinski definition) is 1. The number of rotatable bonds is 2. The van der Waals surface area contributed by atoms with Crippen LogP contribution >= 0.6 is 0 Å². The Bertz CT molecular complexity index is 309. The predicted molar refractivity (Wildman–Crippen MR) is 57.5 cm³/mol. The van der Waals surface area contributed by atoms with Gasteiger partial charge in [-0.15, -0.1) is 0 Å². The van der Waals surface area contributed by atoms with E-state index < -0.39 is 6.10 Å². The topological polar surface area (TPSA) is 65.4 Å². The fraction of sp³-hybridized carbons (Fsp3) is 0.818. The zero-order valence-electron chi connectivity index (χ0n) is 9.48. The predicted octanol–water partition coefficient (Wildman–Crippen LogP) is -0.407. The molecule has 2 saturated heterocycles. The highest BCUT2D eigenvalue weighted by atomic mass is 16.5. The van der Waals surface area contributed by atoms with Gasteiger partial charge in [0.15, 0.2) is 6.10 Å². The van der Waals surface area contributed by atoms with Gasteiger partial charge in [-0.05, 0) is 19.0 Å². The van der Waals surface area contributed by atoms with Gasteiger partial charge in [0.25, 0.3) is 0 Å². The summed E-state index contributed by atoms with van der Waals surface area (Å²) in [6.07, 6.45) is -0.454. The maximum absolute atomic E-state index is 12.1. The number of ether oxygens (including phenoxy) is 1.